The van der Waals surface area contributed by atoms with Crippen LogP contribution in [-0.2, 0) is 9.05 Å². The topological polar surface area (TPSA) is 63.2 Å². The third kappa shape index (κ3) is 5.49. The molecule has 7 heteroatoms. The van der Waals surface area contributed by atoms with Crippen LogP contribution in [0.15, 0.2) is 23.1 Å². The number of hydrogen-bond acceptors (Lipinski definition) is 3. The molecule has 0 saturated carbocycles. The van der Waals surface area contributed by atoms with E-state index in [0.29, 0.717) is 6.54 Å². The fourth-order valence-electron chi connectivity index (χ4n) is 1.49. The number of amides is 1. The minimum atomic E-state index is -3.93. The highest BCUT2D eigenvalue weighted by atomic mass is 35.7. The van der Waals surface area contributed by atoms with Gasteiger partial charge in [0.1, 0.15) is 0 Å². The van der Waals surface area contributed by atoms with E-state index >= 15 is 0 Å². The van der Waals surface area contributed by atoms with E-state index in [4.69, 9.17) is 22.3 Å². The first-order chi connectivity index (χ1) is 9.41. The highest BCUT2D eigenvalue weighted by molar-refractivity contribution is 8.13. The van der Waals surface area contributed by atoms with Gasteiger partial charge in [0.05, 0.1) is 4.90 Å². The molecule has 1 aromatic carbocycles. The van der Waals surface area contributed by atoms with Crippen molar-refractivity contribution in [2.24, 2.45) is 11.3 Å². The summed E-state index contributed by atoms with van der Waals surface area (Å²) in [6, 6.07) is 3.83. The van der Waals surface area contributed by atoms with Crippen molar-refractivity contribution in [1.29, 1.82) is 0 Å². The molecule has 4 nitrogen and oxygen atoms in total. The molecule has 0 fully saturated rings. The van der Waals surface area contributed by atoms with Gasteiger partial charge in [-0.2, -0.15) is 0 Å². The number of rotatable bonds is 4. The monoisotopic (exact) mass is 351 g/mol. The van der Waals surface area contributed by atoms with Crippen molar-refractivity contribution < 1.29 is 13.2 Å². The Hall–Kier alpha value is -0.780. The molecule has 1 N–H and O–H groups in total. The van der Waals surface area contributed by atoms with Crippen LogP contribution in [0.1, 0.15) is 38.1 Å². The normalized spacial score (nSPS) is 13.8. The number of carbonyl (C=O) groups excluding carboxylic acids is 1. The molecule has 0 heterocycles. The second kappa shape index (κ2) is 6.55. The zero-order valence-electron chi connectivity index (χ0n) is 12.4. The SMILES string of the molecule is CC(CNC(=O)c1cc(Cl)cc(S(=O)(=O)Cl)c1)C(C)(C)C. The van der Waals surface area contributed by atoms with Crippen molar-refractivity contribution in [3.63, 3.8) is 0 Å². The summed E-state index contributed by atoms with van der Waals surface area (Å²) in [5, 5.41) is 2.92. The van der Waals surface area contributed by atoms with E-state index < -0.39 is 9.05 Å². The second-order valence-electron chi connectivity index (χ2n) is 6.09. The summed E-state index contributed by atoms with van der Waals surface area (Å²) in [7, 11) is 1.35. The Kier molecular flexibility index (Phi) is 5.69. The van der Waals surface area contributed by atoms with Crippen LogP contribution in [0.4, 0.5) is 0 Å². The summed E-state index contributed by atoms with van der Waals surface area (Å²) in [5.41, 5.74) is 0.231. The van der Waals surface area contributed by atoms with Crippen LogP contribution in [0.25, 0.3) is 0 Å². The Morgan fingerprint density at radius 3 is 2.33 bits per heavy atom. The molecule has 21 heavy (non-hydrogen) atoms. The Morgan fingerprint density at radius 1 is 1.29 bits per heavy atom. The van der Waals surface area contributed by atoms with Gasteiger partial charge in [0.25, 0.3) is 15.0 Å². The van der Waals surface area contributed by atoms with Gasteiger partial charge in [-0.25, -0.2) is 8.42 Å². The van der Waals surface area contributed by atoms with Gasteiger partial charge in [0.15, 0.2) is 0 Å². The highest BCUT2D eigenvalue weighted by Gasteiger charge is 2.21. The van der Waals surface area contributed by atoms with Crippen LogP contribution in [0, 0.1) is 11.3 Å². The molecule has 1 atom stereocenters. The lowest BCUT2D eigenvalue weighted by atomic mass is 9.82. The Balaban J connectivity index is 2.92. The van der Waals surface area contributed by atoms with Crippen molar-refractivity contribution in [3.05, 3.63) is 28.8 Å². The smallest absolute Gasteiger partial charge is 0.261 e. The molecule has 1 unspecified atom stereocenters. The van der Waals surface area contributed by atoms with Gasteiger partial charge in [-0.05, 0) is 29.5 Å². The van der Waals surface area contributed by atoms with E-state index in [0.717, 1.165) is 0 Å². The van der Waals surface area contributed by atoms with Gasteiger partial charge >= 0.3 is 0 Å². The quantitative estimate of drug-likeness (QED) is 0.841. The summed E-state index contributed by atoms with van der Waals surface area (Å²) in [6.07, 6.45) is 0. The van der Waals surface area contributed by atoms with E-state index in [9.17, 15) is 13.2 Å². The second-order valence-corrected chi connectivity index (χ2v) is 9.09. The highest BCUT2D eigenvalue weighted by Crippen LogP contribution is 2.25. The number of carbonyl (C=O) groups is 1. The van der Waals surface area contributed by atoms with Crippen molar-refractivity contribution in [1.82, 2.24) is 5.32 Å². The minimum Gasteiger partial charge on any atom is -0.352 e. The lowest BCUT2D eigenvalue weighted by Gasteiger charge is -2.27. The van der Waals surface area contributed by atoms with Gasteiger partial charge < -0.3 is 5.32 Å². The number of hydrogen-bond donors (Lipinski definition) is 1. The lowest BCUT2D eigenvalue weighted by Crippen LogP contribution is -2.33. The molecule has 0 aliphatic carbocycles. The molecule has 0 aliphatic heterocycles. The van der Waals surface area contributed by atoms with E-state index in [-0.39, 0.29) is 32.7 Å². The van der Waals surface area contributed by atoms with Crippen LogP contribution in [0.3, 0.4) is 0 Å². The number of halogens is 2. The van der Waals surface area contributed by atoms with Crippen LogP contribution >= 0.6 is 22.3 Å². The van der Waals surface area contributed by atoms with Crippen LogP contribution in [-0.4, -0.2) is 20.9 Å². The van der Waals surface area contributed by atoms with E-state index in [2.05, 4.69) is 26.1 Å². The zero-order chi connectivity index (χ0) is 16.4. The zero-order valence-corrected chi connectivity index (χ0v) is 14.7. The number of nitrogens with one attached hydrogen (secondary N) is 1. The summed E-state index contributed by atoms with van der Waals surface area (Å²) in [4.78, 5) is 11.9. The fourth-order valence-corrected chi connectivity index (χ4v) is 2.59. The van der Waals surface area contributed by atoms with Crippen molar-refractivity contribution in [2.75, 3.05) is 6.54 Å². The fraction of sp³-hybridized carbons (Fsp3) is 0.500. The molecular formula is C14H19Cl2NO3S. The summed E-state index contributed by atoms with van der Waals surface area (Å²) in [6.45, 7) is 8.77. The predicted octanol–water partition coefficient (Wildman–Crippen LogP) is 3.68. The summed E-state index contributed by atoms with van der Waals surface area (Å²) in [5.74, 6) is -0.118. The number of benzene rings is 1. The standard InChI is InChI=1S/C14H19Cl2NO3S/c1-9(14(2,3)4)8-17-13(18)10-5-11(15)7-12(6-10)21(16,19)20/h5-7,9H,8H2,1-4H3,(H,17,18). The molecule has 0 aliphatic rings. The summed E-state index contributed by atoms with van der Waals surface area (Å²) >= 11 is 5.83. The Morgan fingerprint density at radius 2 is 1.86 bits per heavy atom. The molecule has 0 saturated heterocycles. The van der Waals surface area contributed by atoms with Gasteiger partial charge in [-0.1, -0.05) is 39.3 Å². The van der Waals surface area contributed by atoms with Gasteiger partial charge in [0, 0.05) is 27.8 Å². The molecule has 1 rings (SSSR count). The lowest BCUT2D eigenvalue weighted by molar-refractivity contribution is 0.0937. The molecule has 0 bridgehead atoms. The minimum absolute atomic E-state index is 0.0618. The van der Waals surface area contributed by atoms with Crippen LogP contribution in [0.2, 0.25) is 5.02 Å². The van der Waals surface area contributed by atoms with Crippen LogP contribution in [0.5, 0.6) is 0 Å². The maximum absolute atomic E-state index is 12.1. The molecular weight excluding hydrogens is 333 g/mol. The van der Waals surface area contributed by atoms with E-state index in [1.54, 1.807) is 0 Å². The molecule has 1 amide bonds. The molecule has 0 aromatic heterocycles. The molecule has 1 aromatic rings. The largest absolute Gasteiger partial charge is 0.352 e. The average molecular weight is 352 g/mol. The maximum Gasteiger partial charge on any atom is 0.261 e. The van der Waals surface area contributed by atoms with Crippen LogP contribution < -0.4 is 5.32 Å². The average Bonchev–Trinajstić information content (AvgIpc) is 2.32. The first-order valence-corrected chi connectivity index (χ1v) is 9.13. The Bertz CT molecular complexity index is 636. The third-order valence-corrected chi connectivity index (χ3v) is 5.01. The Labute approximate surface area is 135 Å². The van der Waals surface area contributed by atoms with Gasteiger partial charge in [-0.3, -0.25) is 4.79 Å². The van der Waals surface area contributed by atoms with E-state index in [1.807, 2.05) is 6.92 Å². The molecule has 0 radical (unpaired) electrons. The maximum atomic E-state index is 12.1. The van der Waals surface area contributed by atoms with Crippen molar-refractivity contribution in [3.8, 4) is 0 Å². The van der Waals surface area contributed by atoms with Gasteiger partial charge in [0.2, 0.25) is 0 Å². The predicted molar refractivity (Wildman–Crippen MR) is 85.4 cm³/mol. The van der Waals surface area contributed by atoms with E-state index in [1.165, 1.54) is 18.2 Å². The summed E-state index contributed by atoms with van der Waals surface area (Å²) < 4.78 is 22.7. The third-order valence-electron chi connectivity index (χ3n) is 3.46. The van der Waals surface area contributed by atoms with Gasteiger partial charge in [-0.15, -0.1) is 0 Å². The first-order valence-electron chi connectivity index (χ1n) is 6.44. The molecule has 118 valence electrons. The van der Waals surface area contributed by atoms with Crippen molar-refractivity contribution >= 4 is 37.2 Å². The molecule has 0 spiro atoms. The van der Waals surface area contributed by atoms with Crippen molar-refractivity contribution in [2.45, 2.75) is 32.6 Å². The first kappa shape index (κ1) is 18.3.